The van der Waals surface area contributed by atoms with Gasteiger partial charge in [0.2, 0.25) is 11.8 Å². The number of likely N-dealkylation sites (tertiary alicyclic amines) is 1. The second-order valence-electron chi connectivity index (χ2n) is 8.63. The number of para-hydroxylation sites is 1. The number of aromatic nitrogens is 1. The number of fused-ring (bicyclic) bond motifs is 2. The number of anilines is 1. The van der Waals surface area contributed by atoms with Crippen molar-refractivity contribution in [2.45, 2.75) is 37.1 Å². The SMILES string of the molecule is O=C(CSc1cn(CC(=O)N2CCCCCC2)c2ccccc12)Nc1ccc2c(c1)OCCO2. The Labute approximate surface area is 203 Å². The molecule has 34 heavy (non-hydrogen) atoms. The molecule has 0 unspecified atom stereocenters. The van der Waals surface area contributed by atoms with Crippen LogP contribution >= 0.6 is 11.8 Å². The summed E-state index contributed by atoms with van der Waals surface area (Å²) in [6.45, 7) is 3.06. The van der Waals surface area contributed by atoms with E-state index in [1.165, 1.54) is 24.6 Å². The lowest BCUT2D eigenvalue weighted by atomic mass is 10.2. The molecule has 2 aliphatic heterocycles. The number of carbonyl (C=O) groups excluding carboxylic acids is 2. The van der Waals surface area contributed by atoms with E-state index >= 15 is 0 Å². The van der Waals surface area contributed by atoms with Crippen molar-refractivity contribution in [1.82, 2.24) is 9.47 Å². The van der Waals surface area contributed by atoms with E-state index in [1.54, 1.807) is 6.07 Å². The van der Waals surface area contributed by atoms with Gasteiger partial charge >= 0.3 is 0 Å². The van der Waals surface area contributed by atoms with E-state index in [2.05, 4.69) is 5.32 Å². The third-order valence-corrected chi connectivity index (χ3v) is 7.24. The van der Waals surface area contributed by atoms with Gasteiger partial charge < -0.3 is 24.3 Å². The molecule has 7 nitrogen and oxygen atoms in total. The smallest absolute Gasteiger partial charge is 0.242 e. The Morgan fingerprint density at radius 3 is 2.53 bits per heavy atom. The monoisotopic (exact) mass is 479 g/mol. The average molecular weight is 480 g/mol. The van der Waals surface area contributed by atoms with Crippen LogP contribution in [0.25, 0.3) is 10.9 Å². The highest BCUT2D eigenvalue weighted by molar-refractivity contribution is 8.00. The van der Waals surface area contributed by atoms with Crippen molar-refractivity contribution in [2.75, 3.05) is 37.4 Å². The van der Waals surface area contributed by atoms with Crippen molar-refractivity contribution < 1.29 is 19.1 Å². The fourth-order valence-electron chi connectivity index (χ4n) is 4.49. The molecule has 3 aromatic rings. The molecule has 5 rings (SSSR count). The first-order chi connectivity index (χ1) is 16.7. The van der Waals surface area contributed by atoms with E-state index in [0.29, 0.717) is 36.9 Å². The predicted molar refractivity (Wildman–Crippen MR) is 134 cm³/mol. The first kappa shape index (κ1) is 22.7. The summed E-state index contributed by atoms with van der Waals surface area (Å²) in [6.07, 6.45) is 6.56. The van der Waals surface area contributed by atoms with Crippen molar-refractivity contribution >= 4 is 40.2 Å². The lowest BCUT2D eigenvalue weighted by Gasteiger charge is -2.20. The van der Waals surface area contributed by atoms with Crippen LogP contribution in [0.2, 0.25) is 0 Å². The van der Waals surface area contributed by atoms with Crippen molar-refractivity contribution in [2.24, 2.45) is 0 Å². The summed E-state index contributed by atoms with van der Waals surface area (Å²) in [6, 6.07) is 13.5. The van der Waals surface area contributed by atoms with Gasteiger partial charge in [0, 0.05) is 46.8 Å². The zero-order chi connectivity index (χ0) is 23.3. The van der Waals surface area contributed by atoms with Gasteiger partial charge in [0.15, 0.2) is 11.5 Å². The van der Waals surface area contributed by atoms with Crippen LogP contribution in [-0.2, 0) is 16.1 Å². The van der Waals surface area contributed by atoms with Gasteiger partial charge in [-0.05, 0) is 31.0 Å². The fourth-order valence-corrected chi connectivity index (χ4v) is 5.37. The second-order valence-corrected chi connectivity index (χ2v) is 9.65. The number of hydrogen-bond donors (Lipinski definition) is 1. The minimum absolute atomic E-state index is 0.0980. The number of nitrogens with one attached hydrogen (secondary N) is 1. The number of nitrogens with zero attached hydrogens (tertiary/aromatic N) is 2. The van der Waals surface area contributed by atoms with Crippen molar-refractivity contribution in [1.29, 1.82) is 0 Å². The second kappa shape index (κ2) is 10.4. The summed E-state index contributed by atoms with van der Waals surface area (Å²) in [7, 11) is 0. The van der Waals surface area contributed by atoms with Crippen LogP contribution in [0.3, 0.4) is 0 Å². The molecule has 2 aliphatic rings. The van der Waals surface area contributed by atoms with E-state index in [4.69, 9.17) is 9.47 Å². The molecule has 8 heteroatoms. The van der Waals surface area contributed by atoms with Gasteiger partial charge in [-0.2, -0.15) is 0 Å². The Hall–Kier alpha value is -3.13. The van der Waals surface area contributed by atoms with E-state index in [-0.39, 0.29) is 17.6 Å². The van der Waals surface area contributed by atoms with Gasteiger partial charge in [0.25, 0.3) is 0 Å². The quantitative estimate of drug-likeness (QED) is 0.526. The molecule has 2 aromatic carbocycles. The Morgan fingerprint density at radius 1 is 0.941 bits per heavy atom. The molecule has 3 heterocycles. The molecule has 1 N–H and O–H groups in total. The van der Waals surface area contributed by atoms with Gasteiger partial charge in [-0.15, -0.1) is 11.8 Å². The van der Waals surface area contributed by atoms with Crippen LogP contribution in [0, 0.1) is 0 Å². The van der Waals surface area contributed by atoms with Crippen LogP contribution in [-0.4, -0.2) is 53.3 Å². The molecular formula is C26H29N3O4S. The van der Waals surface area contributed by atoms with E-state index in [9.17, 15) is 9.59 Å². The highest BCUT2D eigenvalue weighted by Gasteiger charge is 2.18. The van der Waals surface area contributed by atoms with E-state index < -0.39 is 0 Å². The Bertz CT molecular complexity index is 1180. The number of rotatable bonds is 6. The molecule has 2 amide bonds. The van der Waals surface area contributed by atoms with Gasteiger partial charge in [0.1, 0.15) is 19.8 Å². The molecule has 1 aromatic heterocycles. The largest absolute Gasteiger partial charge is 0.486 e. The van der Waals surface area contributed by atoms with Crippen LogP contribution in [0.4, 0.5) is 5.69 Å². The average Bonchev–Trinajstić information content (AvgIpc) is 3.01. The molecule has 0 aliphatic carbocycles. The van der Waals surface area contributed by atoms with Crippen LogP contribution in [0.1, 0.15) is 25.7 Å². The topological polar surface area (TPSA) is 72.8 Å². The van der Waals surface area contributed by atoms with Crippen LogP contribution in [0.15, 0.2) is 53.6 Å². The highest BCUT2D eigenvalue weighted by Crippen LogP contribution is 2.33. The van der Waals surface area contributed by atoms with Crippen LogP contribution < -0.4 is 14.8 Å². The molecule has 0 spiro atoms. The zero-order valence-electron chi connectivity index (χ0n) is 19.1. The Kier molecular flexibility index (Phi) is 6.94. The third-order valence-electron chi connectivity index (χ3n) is 6.20. The van der Waals surface area contributed by atoms with Gasteiger partial charge in [-0.1, -0.05) is 31.0 Å². The van der Waals surface area contributed by atoms with Crippen molar-refractivity contribution in [3.8, 4) is 11.5 Å². The first-order valence-electron chi connectivity index (χ1n) is 11.9. The number of hydrogen-bond acceptors (Lipinski definition) is 5. The third kappa shape index (κ3) is 5.17. The number of ether oxygens (including phenoxy) is 2. The standard InChI is InChI=1S/C26H29N3O4S/c30-25(27-19-9-10-22-23(15-19)33-14-13-32-22)18-34-24-16-29(21-8-4-3-7-20(21)24)17-26(31)28-11-5-1-2-6-12-28/h3-4,7-10,15-16H,1-2,5-6,11-14,17-18H2,(H,27,30). The molecule has 1 saturated heterocycles. The number of benzene rings is 2. The summed E-state index contributed by atoms with van der Waals surface area (Å²) in [5.41, 5.74) is 1.70. The lowest BCUT2D eigenvalue weighted by Crippen LogP contribution is -2.34. The highest BCUT2D eigenvalue weighted by atomic mass is 32.2. The maximum atomic E-state index is 13.0. The zero-order valence-corrected chi connectivity index (χ0v) is 19.9. The normalized spacial score (nSPS) is 15.7. The maximum absolute atomic E-state index is 13.0. The summed E-state index contributed by atoms with van der Waals surface area (Å²) in [5, 5.41) is 3.99. The van der Waals surface area contributed by atoms with Crippen LogP contribution in [0.5, 0.6) is 11.5 Å². The number of carbonyl (C=O) groups is 2. The van der Waals surface area contributed by atoms with Gasteiger partial charge in [-0.3, -0.25) is 9.59 Å². The van der Waals surface area contributed by atoms with Crippen molar-refractivity contribution in [3.05, 3.63) is 48.7 Å². The van der Waals surface area contributed by atoms with Crippen molar-refractivity contribution in [3.63, 3.8) is 0 Å². The minimum Gasteiger partial charge on any atom is -0.486 e. The minimum atomic E-state index is -0.0980. The lowest BCUT2D eigenvalue weighted by molar-refractivity contribution is -0.131. The number of thioether (sulfide) groups is 1. The van der Waals surface area contributed by atoms with E-state index in [1.807, 2.05) is 52.1 Å². The summed E-state index contributed by atoms with van der Waals surface area (Å²) >= 11 is 1.48. The fraction of sp³-hybridized carbons (Fsp3) is 0.385. The Balaban J connectivity index is 1.25. The molecule has 0 atom stereocenters. The molecule has 178 valence electrons. The number of amides is 2. The Morgan fingerprint density at radius 2 is 1.71 bits per heavy atom. The van der Waals surface area contributed by atoms with Gasteiger partial charge in [-0.25, -0.2) is 0 Å². The molecule has 0 radical (unpaired) electrons. The summed E-state index contributed by atoms with van der Waals surface area (Å²) in [4.78, 5) is 28.6. The molecule has 0 saturated carbocycles. The molecular weight excluding hydrogens is 450 g/mol. The summed E-state index contributed by atoms with van der Waals surface area (Å²) < 4.78 is 13.1. The predicted octanol–water partition coefficient (Wildman–Crippen LogP) is 4.55. The van der Waals surface area contributed by atoms with Gasteiger partial charge in [0.05, 0.1) is 5.75 Å². The molecule has 0 bridgehead atoms. The molecule has 1 fully saturated rings. The first-order valence-corrected chi connectivity index (χ1v) is 12.8. The summed E-state index contributed by atoms with van der Waals surface area (Å²) in [5.74, 6) is 1.67. The van der Waals surface area contributed by atoms with E-state index in [0.717, 1.165) is 41.7 Å². The maximum Gasteiger partial charge on any atom is 0.242 e.